The van der Waals surface area contributed by atoms with Crippen LogP contribution < -0.4 is 16.1 Å². The molecule has 0 bridgehead atoms. The van der Waals surface area contributed by atoms with E-state index in [-0.39, 0.29) is 17.9 Å². The summed E-state index contributed by atoms with van der Waals surface area (Å²) in [6.07, 6.45) is 1.43. The van der Waals surface area contributed by atoms with Crippen LogP contribution in [0.3, 0.4) is 0 Å². The average Bonchev–Trinajstić information content (AvgIpc) is 3.44. The van der Waals surface area contributed by atoms with E-state index in [0.717, 1.165) is 24.1 Å². The molecule has 4 atom stereocenters. The quantitative estimate of drug-likeness (QED) is 0.576. The van der Waals surface area contributed by atoms with Crippen LogP contribution in [0.15, 0.2) is 23.1 Å². The number of hydrogen-bond acceptors (Lipinski definition) is 8. The predicted octanol–water partition coefficient (Wildman–Crippen LogP) is 1.13. The van der Waals surface area contributed by atoms with Crippen molar-refractivity contribution in [3.8, 4) is 6.07 Å². The van der Waals surface area contributed by atoms with Crippen molar-refractivity contribution in [3.05, 3.63) is 23.8 Å². The number of nitriles is 1. The molecule has 4 aliphatic rings. The van der Waals surface area contributed by atoms with Gasteiger partial charge in [0.25, 0.3) is 0 Å². The summed E-state index contributed by atoms with van der Waals surface area (Å²) in [7, 11) is -3.54. The van der Waals surface area contributed by atoms with Crippen molar-refractivity contribution in [1.29, 1.82) is 5.26 Å². The van der Waals surface area contributed by atoms with Crippen LogP contribution in [0, 0.1) is 17.2 Å². The van der Waals surface area contributed by atoms with Crippen LogP contribution in [-0.4, -0.2) is 66.7 Å². The Morgan fingerprint density at radius 2 is 2.15 bits per heavy atom. The highest BCUT2D eigenvalue weighted by atomic mass is 32.2. The van der Waals surface area contributed by atoms with Crippen molar-refractivity contribution in [2.75, 3.05) is 25.1 Å². The third-order valence-electron chi connectivity index (χ3n) is 7.44. The Hall–Kier alpha value is -2.23. The number of hydrazine groups is 1. The van der Waals surface area contributed by atoms with Gasteiger partial charge in [0.15, 0.2) is 0 Å². The van der Waals surface area contributed by atoms with Gasteiger partial charge in [-0.15, -0.1) is 0 Å². The van der Waals surface area contributed by atoms with Gasteiger partial charge < -0.3 is 15.4 Å². The van der Waals surface area contributed by atoms with Crippen LogP contribution in [-0.2, 0) is 26.1 Å². The van der Waals surface area contributed by atoms with Gasteiger partial charge in [-0.2, -0.15) is 9.57 Å². The number of anilines is 1. The smallest absolute Gasteiger partial charge is 0.244 e. The third-order valence-corrected chi connectivity index (χ3v) is 9.65. The summed E-state index contributed by atoms with van der Waals surface area (Å²) in [5.74, 6) is -0.384. The fraction of sp³-hybridized carbons (Fsp3) is 0.652. The molecule has 0 aliphatic carbocycles. The van der Waals surface area contributed by atoms with E-state index in [1.165, 1.54) is 4.31 Å². The molecule has 34 heavy (non-hydrogen) atoms. The molecule has 0 radical (unpaired) electrons. The largest absolute Gasteiger partial charge is 0.379 e. The number of amides is 1. The van der Waals surface area contributed by atoms with Crippen molar-refractivity contribution in [2.45, 2.75) is 74.8 Å². The third kappa shape index (κ3) is 3.69. The van der Waals surface area contributed by atoms with Gasteiger partial charge in [-0.25, -0.2) is 18.9 Å². The zero-order chi connectivity index (χ0) is 24.3. The van der Waals surface area contributed by atoms with Crippen LogP contribution >= 0.6 is 0 Å². The Kier molecular flexibility index (Phi) is 5.65. The predicted molar refractivity (Wildman–Crippen MR) is 125 cm³/mol. The van der Waals surface area contributed by atoms with E-state index >= 15 is 0 Å². The Morgan fingerprint density at radius 3 is 2.82 bits per heavy atom. The summed E-state index contributed by atoms with van der Waals surface area (Å²) >= 11 is 0. The molecule has 5 rings (SSSR count). The average molecular weight is 489 g/mol. The molecule has 0 saturated carbocycles. The molecule has 1 aromatic carbocycles. The molecule has 184 valence electrons. The minimum absolute atomic E-state index is 0.0302. The normalized spacial score (nSPS) is 33.2. The lowest BCUT2D eigenvalue weighted by Crippen LogP contribution is -2.59. The Morgan fingerprint density at radius 1 is 1.35 bits per heavy atom. The van der Waals surface area contributed by atoms with Crippen molar-refractivity contribution in [1.82, 2.24) is 20.1 Å². The van der Waals surface area contributed by atoms with Crippen molar-refractivity contribution < 1.29 is 17.9 Å². The monoisotopic (exact) mass is 488 g/mol. The number of benzene rings is 1. The molecule has 1 amide bonds. The second kappa shape index (κ2) is 8.17. The van der Waals surface area contributed by atoms with Gasteiger partial charge in [0.2, 0.25) is 15.9 Å². The molecule has 0 aromatic heterocycles. The number of rotatable bonds is 4. The minimum Gasteiger partial charge on any atom is -0.379 e. The van der Waals surface area contributed by atoms with Gasteiger partial charge in [-0.3, -0.25) is 4.79 Å². The van der Waals surface area contributed by atoms with E-state index in [0.29, 0.717) is 37.6 Å². The van der Waals surface area contributed by atoms with Crippen LogP contribution in [0.4, 0.5) is 5.69 Å². The number of hydrogen-bond donors (Lipinski definition) is 3. The molecule has 4 aliphatic heterocycles. The molecule has 3 fully saturated rings. The van der Waals surface area contributed by atoms with Crippen molar-refractivity contribution in [3.63, 3.8) is 0 Å². The van der Waals surface area contributed by atoms with E-state index in [9.17, 15) is 18.5 Å². The van der Waals surface area contributed by atoms with Gasteiger partial charge in [-0.1, -0.05) is 0 Å². The maximum atomic E-state index is 13.0. The fourth-order valence-electron chi connectivity index (χ4n) is 5.75. The SMILES string of the molecule is CC(C)(C)N1Cc2cc(NC3NN([C@@]4(CC#N)CCOC4)C4CCNC(=O)C34)ccc2S1(=O)=O. The van der Waals surface area contributed by atoms with Crippen LogP contribution in [0.2, 0.25) is 0 Å². The number of fused-ring (bicyclic) bond motifs is 2. The molecule has 4 heterocycles. The first-order valence-corrected chi connectivity index (χ1v) is 13.2. The summed E-state index contributed by atoms with van der Waals surface area (Å²) in [4.78, 5) is 13.3. The summed E-state index contributed by atoms with van der Waals surface area (Å²) in [6.45, 7) is 7.61. The zero-order valence-corrected chi connectivity index (χ0v) is 20.6. The van der Waals surface area contributed by atoms with E-state index in [2.05, 4.69) is 27.1 Å². The molecule has 11 heteroatoms. The van der Waals surface area contributed by atoms with Crippen LogP contribution in [0.5, 0.6) is 0 Å². The van der Waals surface area contributed by atoms with E-state index in [1.54, 1.807) is 12.1 Å². The lowest BCUT2D eigenvalue weighted by atomic mass is 9.86. The lowest BCUT2D eigenvalue weighted by molar-refractivity contribution is -0.128. The standard InChI is InChI=1S/C23H32N6O4S/c1-22(2,3)28-13-15-12-16(4-5-18(15)34(28,31)32)26-20-19-17(6-10-25-21(19)30)29(27-20)23(7-9-24)8-11-33-14-23/h4-5,12,17,19-20,26-27H,6-8,10-11,13-14H2,1-3H3,(H,25,30)/t17?,19?,20?,23-/m0/s1. The van der Waals surface area contributed by atoms with Gasteiger partial charge in [0, 0.05) is 37.0 Å². The topological polar surface area (TPSA) is 127 Å². The zero-order valence-electron chi connectivity index (χ0n) is 19.8. The Labute approximate surface area is 200 Å². The fourth-order valence-corrected chi connectivity index (χ4v) is 7.72. The summed E-state index contributed by atoms with van der Waals surface area (Å²) < 4.78 is 33.2. The maximum Gasteiger partial charge on any atom is 0.244 e. The minimum atomic E-state index is -3.54. The van der Waals surface area contributed by atoms with Crippen molar-refractivity contribution >= 4 is 21.6 Å². The number of carbonyl (C=O) groups excluding carboxylic acids is 1. The van der Waals surface area contributed by atoms with E-state index in [1.807, 2.05) is 26.8 Å². The van der Waals surface area contributed by atoms with E-state index < -0.39 is 27.3 Å². The molecule has 3 N–H and O–H groups in total. The number of nitrogens with one attached hydrogen (secondary N) is 3. The lowest BCUT2D eigenvalue weighted by Gasteiger charge is -2.41. The number of sulfonamides is 1. The highest BCUT2D eigenvalue weighted by Crippen LogP contribution is 2.40. The van der Waals surface area contributed by atoms with Crippen LogP contribution in [0.25, 0.3) is 0 Å². The second-order valence-corrected chi connectivity index (χ2v) is 12.5. The molecule has 0 spiro atoms. The number of ether oxygens (including phenoxy) is 1. The summed E-state index contributed by atoms with van der Waals surface area (Å²) in [5, 5.41) is 18.0. The van der Waals surface area contributed by atoms with Crippen molar-refractivity contribution in [2.24, 2.45) is 5.92 Å². The number of nitrogens with zero attached hydrogens (tertiary/aromatic N) is 3. The van der Waals surface area contributed by atoms with E-state index in [4.69, 9.17) is 4.74 Å². The highest BCUT2D eigenvalue weighted by Gasteiger charge is 2.55. The molecule has 1 aromatic rings. The maximum absolute atomic E-state index is 13.0. The number of carbonyl (C=O) groups is 1. The highest BCUT2D eigenvalue weighted by molar-refractivity contribution is 7.89. The first kappa shape index (κ1) is 23.5. The first-order valence-electron chi connectivity index (χ1n) is 11.8. The Balaban J connectivity index is 1.43. The van der Waals surface area contributed by atoms with Gasteiger partial charge in [-0.05, 0) is 57.4 Å². The van der Waals surface area contributed by atoms with Gasteiger partial charge in [0.05, 0.1) is 35.4 Å². The van der Waals surface area contributed by atoms with Gasteiger partial charge in [0.1, 0.15) is 6.17 Å². The summed E-state index contributed by atoms with van der Waals surface area (Å²) in [5.41, 5.74) is 4.00. The first-order chi connectivity index (χ1) is 16.1. The molecular weight excluding hydrogens is 456 g/mol. The molecule has 3 unspecified atom stereocenters. The molecule has 3 saturated heterocycles. The summed E-state index contributed by atoms with van der Waals surface area (Å²) in [6, 6.07) is 7.51. The second-order valence-electron chi connectivity index (χ2n) is 10.7. The van der Waals surface area contributed by atoms with Gasteiger partial charge >= 0.3 is 0 Å². The molecule has 10 nitrogen and oxygen atoms in total. The Bertz CT molecular complexity index is 1140. The number of piperidine rings is 1. The molecular formula is C23H32N6O4S. The van der Waals surface area contributed by atoms with Crippen LogP contribution in [0.1, 0.15) is 45.6 Å².